The molecular weight excluding hydrogens is 316 g/mol. The molecule has 4 nitrogen and oxygen atoms in total. The number of aryl methyl sites for hydroxylation is 1. The van der Waals surface area contributed by atoms with Crippen molar-refractivity contribution in [2.45, 2.75) is 6.92 Å². The van der Waals surface area contributed by atoms with Crippen LogP contribution in [0.1, 0.15) is 26.3 Å². The van der Waals surface area contributed by atoms with E-state index in [1.807, 2.05) is 19.1 Å². The number of esters is 2. The van der Waals surface area contributed by atoms with Crippen LogP contribution >= 0.6 is 0 Å². The summed E-state index contributed by atoms with van der Waals surface area (Å²) >= 11 is 0. The maximum absolute atomic E-state index is 12.5. The molecule has 3 rings (SSSR count). The van der Waals surface area contributed by atoms with Crippen molar-refractivity contribution in [3.8, 4) is 11.5 Å². The zero-order valence-electron chi connectivity index (χ0n) is 13.6. The van der Waals surface area contributed by atoms with Gasteiger partial charge in [0.2, 0.25) is 0 Å². The largest absolute Gasteiger partial charge is 0.423 e. The van der Waals surface area contributed by atoms with E-state index in [-0.39, 0.29) is 11.3 Å². The third-order valence-electron chi connectivity index (χ3n) is 3.52. The van der Waals surface area contributed by atoms with Gasteiger partial charge in [0, 0.05) is 0 Å². The van der Waals surface area contributed by atoms with Crippen molar-refractivity contribution in [2.75, 3.05) is 0 Å². The van der Waals surface area contributed by atoms with Crippen LogP contribution in [0.2, 0.25) is 0 Å². The molecule has 0 bridgehead atoms. The van der Waals surface area contributed by atoms with E-state index in [9.17, 15) is 9.59 Å². The molecular formula is C21H16O4. The zero-order valence-corrected chi connectivity index (χ0v) is 13.6. The second-order valence-corrected chi connectivity index (χ2v) is 5.46. The average molecular weight is 332 g/mol. The summed E-state index contributed by atoms with van der Waals surface area (Å²) in [5, 5.41) is 0. The van der Waals surface area contributed by atoms with Crippen LogP contribution in [-0.2, 0) is 0 Å². The number of carbonyl (C=O) groups excluding carboxylic acids is 2. The summed E-state index contributed by atoms with van der Waals surface area (Å²) in [7, 11) is 0. The summed E-state index contributed by atoms with van der Waals surface area (Å²) in [6.07, 6.45) is 0. The molecule has 124 valence electrons. The second-order valence-electron chi connectivity index (χ2n) is 5.46. The molecule has 25 heavy (non-hydrogen) atoms. The first-order valence-electron chi connectivity index (χ1n) is 7.78. The first-order chi connectivity index (χ1) is 12.1. The molecule has 0 amide bonds. The molecule has 0 radical (unpaired) electrons. The van der Waals surface area contributed by atoms with Gasteiger partial charge in [0.25, 0.3) is 0 Å². The first-order valence-corrected chi connectivity index (χ1v) is 7.78. The Balaban J connectivity index is 1.81. The van der Waals surface area contributed by atoms with Gasteiger partial charge in [-0.3, -0.25) is 0 Å². The van der Waals surface area contributed by atoms with Gasteiger partial charge in [-0.05, 0) is 48.9 Å². The van der Waals surface area contributed by atoms with E-state index < -0.39 is 11.9 Å². The van der Waals surface area contributed by atoms with Gasteiger partial charge in [0.15, 0.2) is 0 Å². The highest BCUT2D eigenvalue weighted by Crippen LogP contribution is 2.22. The summed E-state index contributed by atoms with van der Waals surface area (Å²) < 4.78 is 10.8. The Labute approximate surface area is 145 Å². The molecule has 0 heterocycles. The molecule has 0 unspecified atom stereocenters. The van der Waals surface area contributed by atoms with Crippen LogP contribution in [0.15, 0.2) is 78.9 Å². The minimum atomic E-state index is -0.581. The van der Waals surface area contributed by atoms with Gasteiger partial charge in [-0.1, -0.05) is 42.5 Å². The van der Waals surface area contributed by atoms with E-state index in [1.54, 1.807) is 66.7 Å². The molecule has 0 aromatic heterocycles. The van der Waals surface area contributed by atoms with Gasteiger partial charge < -0.3 is 9.47 Å². The second kappa shape index (κ2) is 7.45. The number of carbonyl (C=O) groups is 2. The van der Waals surface area contributed by atoms with E-state index in [0.717, 1.165) is 5.56 Å². The van der Waals surface area contributed by atoms with Crippen molar-refractivity contribution in [1.29, 1.82) is 0 Å². The first kappa shape index (κ1) is 16.5. The van der Waals surface area contributed by atoms with Crippen molar-refractivity contribution in [3.63, 3.8) is 0 Å². The lowest BCUT2D eigenvalue weighted by Crippen LogP contribution is -2.14. The Kier molecular flexibility index (Phi) is 4.90. The number of rotatable bonds is 4. The van der Waals surface area contributed by atoms with E-state index in [2.05, 4.69) is 0 Å². The monoisotopic (exact) mass is 332 g/mol. The van der Waals surface area contributed by atoms with Crippen LogP contribution in [-0.4, -0.2) is 11.9 Å². The van der Waals surface area contributed by atoms with E-state index in [1.165, 1.54) is 0 Å². The fraction of sp³-hybridized carbons (Fsp3) is 0.0476. The van der Waals surface area contributed by atoms with Crippen molar-refractivity contribution >= 4 is 11.9 Å². The average Bonchev–Trinajstić information content (AvgIpc) is 2.63. The third-order valence-corrected chi connectivity index (χ3v) is 3.52. The predicted molar refractivity (Wildman–Crippen MR) is 94.0 cm³/mol. The zero-order chi connectivity index (χ0) is 17.6. The van der Waals surface area contributed by atoms with Crippen molar-refractivity contribution in [3.05, 3.63) is 95.6 Å². The summed E-state index contributed by atoms with van der Waals surface area (Å²) in [6.45, 7) is 1.91. The molecule has 0 aliphatic carbocycles. The van der Waals surface area contributed by atoms with E-state index in [0.29, 0.717) is 11.3 Å². The molecule has 0 aliphatic rings. The van der Waals surface area contributed by atoms with Gasteiger partial charge in [-0.15, -0.1) is 0 Å². The van der Waals surface area contributed by atoms with Crippen molar-refractivity contribution in [1.82, 2.24) is 0 Å². The van der Waals surface area contributed by atoms with Gasteiger partial charge in [0.05, 0.1) is 5.56 Å². The summed E-state index contributed by atoms with van der Waals surface area (Å²) in [5.41, 5.74) is 1.58. The van der Waals surface area contributed by atoms with Crippen LogP contribution in [0, 0.1) is 6.92 Å². The molecule has 0 atom stereocenters. The number of benzene rings is 3. The predicted octanol–water partition coefficient (Wildman–Crippen LogP) is 4.43. The highest BCUT2D eigenvalue weighted by molar-refractivity contribution is 5.97. The number of para-hydroxylation sites is 1. The smallest absolute Gasteiger partial charge is 0.347 e. The Morgan fingerprint density at radius 2 is 1.44 bits per heavy atom. The minimum Gasteiger partial charge on any atom is -0.423 e. The topological polar surface area (TPSA) is 52.6 Å². The Morgan fingerprint density at radius 1 is 0.720 bits per heavy atom. The van der Waals surface area contributed by atoms with Crippen LogP contribution in [0.25, 0.3) is 0 Å². The number of hydrogen-bond donors (Lipinski definition) is 0. The van der Waals surface area contributed by atoms with Gasteiger partial charge in [-0.2, -0.15) is 0 Å². The molecule has 4 heteroatoms. The fourth-order valence-corrected chi connectivity index (χ4v) is 2.30. The summed E-state index contributed by atoms with van der Waals surface area (Å²) in [4.78, 5) is 24.7. The number of hydrogen-bond acceptors (Lipinski definition) is 4. The summed E-state index contributed by atoms with van der Waals surface area (Å²) in [6, 6.07) is 22.3. The maximum atomic E-state index is 12.5. The number of ether oxygens (including phenoxy) is 2. The fourth-order valence-electron chi connectivity index (χ4n) is 2.30. The molecule has 0 saturated carbocycles. The molecule has 0 spiro atoms. The van der Waals surface area contributed by atoms with Gasteiger partial charge in [0.1, 0.15) is 17.1 Å². The van der Waals surface area contributed by atoms with Gasteiger partial charge >= 0.3 is 11.9 Å². The molecule has 0 aliphatic heterocycles. The third kappa shape index (κ3) is 4.12. The molecule has 3 aromatic carbocycles. The standard InChI is InChI=1S/C21H16O4/c1-15-8-7-11-17(14-15)24-21(23)18-12-5-6-13-19(18)25-20(22)16-9-3-2-4-10-16/h2-14H,1H3. The van der Waals surface area contributed by atoms with Crippen molar-refractivity contribution < 1.29 is 19.1 Å². The molecule has 0 N–H and O–H groups in total. The Bertz CT molecular complexity index is 901. The van der Waals surface area contributed by atoms with Crippen LogP contribution in [0.5, 0.6) is 11.5 Å². The normalized spacial score (nSPS) is 10.1. The lowest BCUT2D eigenvalue weighted by molar-refractivity contribution is 0.0707. The van der Waals surface area contributed by atoms with Gasteiger partial charge in [-0.25, -0.2) is 9.59 Å². The maximum Gasteiger partial charge on any atom is 0.347 e. The minimum absolute atomic E-state index is 0.161. The SMILES string of the molecule is Cc1cccc(OC(=O)c2ccccc2OC(=O)c2ccccc2)c1. The summed E-state index contributed by atoms with van der Waals surface area (Å²) in [5.74, 6) is -0.512. The van der Waals surface area contributed by atoms with E-state index >= 15 is 0 Å². The quantitative estimate of drug-likeness (QED) is 0.524. The van der Waals surface area contributed by atoms with Crippen LogP contribution < -0.4 is 9.47 Å². The van der Waals surface area contributed by atoms with Crippen LogP contribution in [0.4, 0.5) is 0 Å². The lowest BCUT2D eigenvalue weighted by atomic mass is 10.2. The Morgan fingerprint density at radius 3 is 2.20 bits per heavy atom. The molecule has 0 saturated heterocycles. The molecule has 3 aromatic rings. The Hall–Kier alpha value is -3.40. The van der Waals surface area contributed by atoms with E-state index in [4.69, 9.17) is 9.47 Å². The highest BCUT2D eigenvalue weighted by Gasteiger charge is 2.17. The highest BCUT2D eigenvalue weighted by atomic mass is 16.5. The lowest BCUT2D eigenvalue weighted by Gasteiger charge is -2.10. The van der Waals surface area contributed by atoms with Crippen molar-refractivity contribution in [2.24, 2.45) is 0 Å². The molecule has 0 fully saturated rings. The van der Waals surface area contributed by atoms with Crippen LogP contribution in [0.3, 0.4) is 0 Å².